The molecule has 22 heavy (non-hydrogen) atoms. The second-order valence-corrected chi connectivity index (χ2v) is 5.05. The van der Waals surface area contributed by atoms with Crippen LogP contribution in [0.5, 0.6) is 0 Å². The Hall–Kier alpha value is -1.92. The van der Waals surface area contributed by atoms with Crippen molar-refractivity contribution in [2.75, 3.05) is 33.0 Å². The number of nitrogens with zero attached hydrogens (tertiary/aromatic N) is 1. The Morgan fingerprint density at radius 3 is 2.91 bits per heavy atom. The quantitative estimate of drug-likeness (QED) is 0.807. The summed E-state index contributed by atoms with van der Waals surface area (Å²) in [7, 11) is 0. The van der Waals surface area contributed by atoms with Crippen molar-refractivity contribution in [1.82, 2.24) is 4.90 Å². The smallest absolute Gasteiger partial charge is 0.310 e. The van der Waals surface area contributed by atoms with E-state index in [1.807, 2.05) is 0 Å². The first-order valence-electron chi connectivity index (χ1n) is 7.40. The molecule has 1 aliphatic rings. The average molecular weight is 307 g/mol. The van der Waals surface area contributed by atoms with Gasteiger partial charge in [-0.05, 0) is 18.6 Å². The monoisotopic (exact) mass is 307 g/mol. The zero-order valence-electron chi connectivity index (χ0n) is 12.7. The molecule has 1 saturated heterocycles. The lowest BCUT2D eigenvalue weighted by atomic mass is 10.0. The third kappa shape index (κ3) is 3.84. The second kappa shape index (κ2) is 7.91. The van der Waals surface area contributed by atoms with Gasteiger partial charge in [-0.3, -0.25) is 9.59 Å². The van der Waals surface area contributed by atoms with Crippen molar-refractivity contribution >= 4 is 11.9 Å². The average Bonchev–Trinajstić information content (AvgIpc) is 2.55. The van der Waals surface area contributed by atoms with Crippen LogP contribution >= 0.6 is 0 Å². The van der Waals surface area contributed by atoms with Gasteiger partial charge in [0.15, 0.2) is 0 Å². The van der Waals surface area contributed by atoms with E-state index in [4.69, 9.17) is 9.47 Å². The Bertz CT molecular complexity index is 531. The lowest BCUT2D eigenvalue weighted by molar-refractivity contribution is -0.142. The fourth-order valence-electron chi connectivity index (χ4n) is 2.48. The maximum Gasteiger partial charge on any atom is 0.310 e. The molecule has 0 bridgehead atoms. The molecular formula is C16H21NO5. The first kappa shape index (κ1) is 16.5. The molecule has 1 aromatic carbocycles. The molecule has 120 valence electrons. The Balaban J connectivity index is 2.20. The van der Waals surface area contributed by atoms with Gasteiger partial charge in [0.2, 0.25) is 0 Å². The number of esters is 1. The number of carbonyl (C=O) groups is 2. The van der Waals surface area contributed by atoms with Crippen molar-refractivity contribution in [3.8, 4) is 0 Å². The number of hydrogen-bond donors (Lipinski definition) is 1. The minimum Gasteiger partial charge on any atom is -0.466 e. The van der Waals surface area contributed by atoms with Crippen LogP contribution in [0.15, 0.2) is 24.3 Å². The predicted octanol–water partition coefficient (Wildman–Crippen LogP) is 0.625. The summed E-state index contributed by atoms with van der Waals surface area (Å²) in [5.74, 6) is -0.550. The van der Waals surface area contributed by atoms with Crippen LogP contribution in [0.2, 0.25) is 0 Å². The Kier molecular flexibility index (Phi) is 5.91. The molecular weight excluding hydrogens is 286 g/mol. The van der Waals surface area contributed by atoms with E-state index in [2.05, 4.69) is 0 Å². The van der Waals surface area contributed by atoms with Gasteiger partial charge in [-0.2, -0.15) is 0 Å². The van der Waals surface area contributed by atoms with Gasteiger partial charge in [-0.15, -0.1) is 0 Å². The summed E-state index contributed by atoms with van der Waals surface area (Å²) in [6.07, 6.45) is 0.0594. The third-order valence-electron chi connectivity index (χ3n) is 3.59. The SMILES string of the molecule is CCOC(=O)Cc1ccccc1C(=O)N1CCOC[C@H]1CO. The van der Waals surface area contributed by atoms with Crippen molar-refractivity contribution in [2.24, 2.45) is 0 Å². The molecule has 0 spiro atoms. The Morgan fingerprint density at radius 2 is 2.18 bits per heavy atom. The molecule has 1 aliphatic heterocycles. The van der Waals surface area contributed by atoms with Gasteiger partial charge in [-0.25, -0.2) is 0 Å². The maximum absolute atomic E-state index is 12.7. The van der Waals surface area contributed by atoms with E-state index >= 15 is 0 Å². The number of hydrogen-bond acceptors (Lipinski definition) is 5. The van der Waals surface area contributed by atoms with Gasteiger partial charge in [-0.1, -0.05) is 18.2 Å². The lowest BCUT2D eigenvalue weighted by Crippen LogP contribution is -2.50. The van der Waals surface area contributed by atoms with Gasteiger partial charge < -0.3 is 19.5 Å². The molecule has 1 heterocycles. The molecule has 0 aliphatic carbocycles. The van der Waals surface area contributed by atoms with Gasteiger partial charge >= 0.3 is 5.97 Å². The highest BCUT2D eigenvalue weighted by atomic mass is 16.5. The zero-order valence-corrected chi connectivity index (χ0v) is 12.7. The summed E-state index contributed by atoms with van der Waals surface area (Å²) in [5.41, 5.74) is 1.10. The normalized spacial score (nSPS) is 18.1. The molecule has 0 aromatic heterocycles. The van der Waals surface area contributed by atoms with Crippen LogP contribution in [0.1, 0.15) is 22.8 Å². The summed E-state index contributed by atoms with van der Waals surface area (Å²) in [6.45, 7) is 3.10. The highest BCUT2D eigenvalue weighted by Crippen LogP contribution is 2.17. The van der Waals surface area contributed by atoms with Crippen LogP contribution in [-0.2, 0) is 20.7 Å². The molecule has 6 heteroatoms. The van der Waals surface area contributed by atoms with Crippen molar-refractivity contribution in [3.63, 3.8) is 0 Å². The van der Waals surface area contributed by atoms with E-state index in [0.29, 0.717) is 37.5 Å². The number of morpholine rings is 1. The molecule has 2 rings (SSSR count). The molecule has 1 amide bonds. The first-order valence-corrected chi connectivity index (χ1v) is 7.40. The number of carbonyl (C=O) groups excluding carboxylic acids is 2. The van der Waals surface area contributed by atoms with Gasteiger partial charge in [0, 0.05) is 12.1 Å². The van der Waals surface area contributed by atoms with Crippen LogP contribution in [0.25, 0.3) is 0 Å². The molecule has 1 fully saturated rings. The molecule has 0 saturated carbocycles. The van der Waals surface area contributed by atoms with Gasteiger partial charge in [0.25, 0.3) is 5.91 Å². The van der Waals surface area contributed by atoms with E-state index in [9.17, 15) is 14.7 Å². The highest BCUT2D eigenvalue weighted by molar-refractivity contribution is 5.97. The lowest BCUT2D eigenvalue weighted by Gasteiger charge is -2.34. The van der Waals surface area contributed by atoms with E-state index in [1.165, 1.54) is 0 Å². The summed E-state index contributed by atoms with van der Waals surface area (Å²) < 4.78 is 10.2. The third-order valence-corrected chi connectivity index (χ3v) is 3.59. The predicted molar refractivity (Wildman–Crippen MR) is 79.5 cm³/mol. The Morgan fingerprint density at radius 1 is 1.41 bits per heavy atom. The highest BCUT2D eigenvalue weighted by Gasteiger charge is 2.28. The number of rotatable bonds is 5. The van der Waals surface area contributed by atoms with Gasteiger partial charge in [0.05, 0.1) is 38.9 Å². The minimum absolute atomic E-state index is 0.0594. The standard InChI is InChI=1S/C16H21NO5/c1-2-22-15(19)9-12-5-3-4-6-14(12)16(20)17-7-8-21-11-13(17)10-18/h3-6,13,18H,2,7-11H2,1H3/t13-/m1/s1. The van der Waals surface area contributed by atoms with Crippen LogP contribution in [-0.4, -0.2) is 60.9 Å². The van der Waals surface area contributed by atoms with Crippen LogP contribution in [0, 0.1) is 0 Å². The molecule has 1 aromatic rings. The van der Waals surface area contributed by atoms with Crippen molar-refractivity contribution in [2.45, 2.75) is 19.4 Å². The van der Waals surface area contributed by atoms with E-state index in [0.717, 1.165) is 0 Å². The van der Waals surface area contributed by atoms with Gasteiger partial charge in [0.1, 0.15) is 0 Å². The number of benzene rings is 1. The zero-order chi connectivity index (χ0) is 15.9. The first-order chi connectivity index (χ1) is 10.7. The fraction of sp³-hybridized carbons (Fsp3) is 0.500. The minimum atomic E-state index is -0.358. The molecule has 1 atom stereocenters. The topological polar surface area (TPSA) is 76.1 Å². The summed E-state index contributed by atoms with van der Waals surface area (Å²) >= 11 is 0. The van der Waals surface area contributed by atoms with Crippen LogP contribution in [0.4, 0.5) is 0 Å². The summed E-state index contributed by atoms with van der Waals surface area (Å²) in [6, 6.07) is 6.64. The number of amides is 1. The molecule has 6 nitrogen and oxygen atoms in total. The van der Waals surface area contributed by atoms with Crippen LogP contribution in [0.3, 0.4) is 0 Å². The van der Waals surface area contributed by atoms with Crippen molar-refractivity contribution in [1.29, 1.82) is 0 Å². The summed E-state index contributed by atoms with van der Waals surface area (Å²) in [4.78, 5) is 26.0. The maximum atomic E-state index is 12.7. The van der Waals surface area contributed by atoms with E-state index < -0.39 is 0 Å². The van der Waals surface area contributed by atoms with E-state index in [-0.39, 0.29) is 30.9 Å². The van der Waals surface area contributed by atoms with Crippen LogP contribution < -0.4 is 0 Å². The van der Waals surface area contributed by atoms with E-state index in [1.54, 1.807) is 36.1 Å². The number of ether oxygens (including phenoxy) is 2. The molecule has 0 unspecified atom stereocenters. The Labute approximate surface area is 129 Å². The summed E-state index contributed by atoms with van der Waals surface area (Å²) in [5, 5.41) is 9.39. The van der Waals surface area contributed by atoms with Crippen molar-refractivity contribution in [3.05, 3.63) is 35.4 Å². The number of aliphatic hydroxyl groups excluding tert-OH is 1. The number of aliphatic hydroxyl groups is 1. The fourth-order valence-corrected chi connectivity index (χ4v) is 2.48. The second-order valence-electron chi connectivity index (χ2n) is 5.05. The largest absolute Gasteiger partial charge is 0.466 e. The molecule has 1 N–H and O–H groups in total. The molecule has 0 radical (unpaired) electrons. The van der Waals surface area contributed by atoms with Crippen molar-refractivity contribution < 1.29 is 24.2 Å².